The molecule has 0 aromatic rings. The second kappa shape index (κ2) is 42.2. The van der Waals surface area contributed by atoms with Crippen LogP contribution in [0.25, 0.3) is 0 Å². The van der Waals surface area contributed by atoms with Gasteiger partial charge in [0.25, 0.3) is 0 Å². The number of nitrogens with zero attached hydrogens (tertiary/aromatic N) is 1. The molecule has 0 fully saturated rings. The Balaban J connectivity index is 4.04. The van der Waals surface area contributed by atoms with Crippen LogP contribution in [0.1, 0.15) is 272 Å². The summed E-state index contributed by atoms with van der Waals surface area (Å²) in [7, 11) is 0. The van der Waals surface area contributed by atoms with E-state index in [9.17, 15) is 0 Å². The third-order valence-corrected chi connectivity index (χ3v) is 11.7. The summed E-state index contributed by atoms with van der Waals surface area (Å²) in [5, 5.41) is 0. The number of rotatable bonds is 44. The SMILES string of the molecule is C=C(CCCCCCCCCCCC)CCCCCN(CCCC)CCCCCCCC(=C)CC(CCCCCCCC)CCCCCCCC. The number of hydrogen-bond donors (Lipinski definition) is 0. The van der Waals surface area contributed by atoms with Crippen LogP contribution in [0.2, 0.25) is 0 Å². The molecule has 0 saturated heterocycles. The molecular weight excluding hydrogens is 615 g/mol. The highest BCUT2D eigenvalue weighted by Crippen LogP contribution is 2.27. The second-order valence-corrected chi connectivity index (χ2v) is 17.1. The van der Waals surface area contributed by atoms with Gasteiger partial charge in [-0.15, -0.1) is 0 Å². The average Bonchev–Trinajstić information content (AvgIpc) is 3.13. The highest BCUT2D eigenvalue weighted by atomic mass is 15.1. The lowest BCUT2D eigenvalue weighted by molar-refractivity contribution is 0.257. The van der Waals surface area contributed by atoms with Crippen LogP contribution < -0.4 is 0 Å². The van der Waals surface area contributed by atoms with Crippen LogP contribution in [-0.4, -0.2) is 24.5 Å². The molecule has 0 rings (SSSR count). The standard InChI is InChI=1S/C50H99N/c1-7-11-15-18-21-22-23-24-26-32-39-48(5)40-34-31-38-46-51(44-14-10-4)45-37-30-25-27-33-41-49(6)47-50(42-35-28-19-16-12-8-2)43-36-29-20-17-13-9-3/h50H,5-47H2,1-4H3. The van der Waals surface area contributed by atoms with Gasteiger partial charge >= 0.3 is 0 Å². The zero-order valence-electron chi connectivity index (χ0n) is 36.4. The lowest BCUT2D eigenvalue weighted by Gasteiger charge is -2.22. The molecule has 1 heteroatoms. The molecule has 51 heavy (non-hydrogen) atoms. The van der Waals surface area contributed by atoms with Crippen LogP contribution >= 0.6 is 0 Å². The molecule has 0 N–H and O–H groups in total. The fraction of sp³-hybridized carbons (Fsp3) is 0.920. The van der Waals surface area contributed by atoms with Crippen LogP contribution in [0.3, 0.4) is 0 Å². The van der Waals surface area contributed by atoms with Gasteiger partial charge in [0.15, 0.2) is 0 Å². The third kappa shape index (κ3) is 39.0. The first-order valence-electron chi connectivity index (χ1n) is 24.1. The van der Waals surface area contributed by atoms with Crippen LogP contribution in [0.15, 0.2) is 24.3 Å². The predicted molar refractivity (Wildman–Crippen MR) is 236 cm³/mol. The zero-order chi connectivity index (χ0) is 37.3. The number of unbranched alkanes of at least 4 members (excludes halogenated alkanes) is 26. The Labute approximate surface area is 325 Å². The summed E-state index contributed by atoms with van der Waals surface area (Å²) in [6.07, 6.45) is 53.2. The van der Waals surface area contributed by atoms with E-state index in [4.69, 9.17) is 0 Å². The van der Waals surface area contributed by atoms with Gasteiger partial charge in [-0.3, -0.25) is 0 Å². The maximum Gasteiger partial charge on any atom is -0.00187 e. The lowest BCUT2D eigenvalue weighted by Crippen LogP contribution is -2.27. The minimum atomic E-state index is 0.900. The Hall–Kier alpha value is -0.560. The van der Waals surface area contributed by atoms with Crippen molar-refractivity contribution in [3.05, 3.63) is 24.3 Å². The summed E-state index contributed by atoms with van der Waals surface area (Å²) in [5.74, 6) is 0.900. The van der Waals surface area contributed by atoms with E-state index in [1.165, 1.54) is 269 Å². The Morgan fingerprint density at radius 2 is 0.627 bits per heavy atom. The molecule has 304 valence electrons. The molecule has 0 aliphatic rings. The monoisotopic (exact) mass is 714 g/mol. The van der Waals surface area contributed by atoms with Crippen molar-refractivity contribution in [2.45, 2.75) is 272 Å². The lowest BCUT2D eigenvalue weighted by atomic mass is 9.87. The van der Waals surface area contributed by atoms with Crippen molar-refractivity contribution in [3.63, 3.8) is 0 Å². The van der Waals surface area contributed by atoms with Crippen molar-refractivity contribution in [1.29, 1.82) is 0 Å². The van der Waals surface area contributed by atoms with E-state index in [2.05, 4.69) is 45.8 Å². The van der Waals surface area contributed by atoms with Gasteiger partial charge in [-0.2, -0.15) is 0 Å². The topological polar surface area (TPSA) is 3.24 Å². The van der Waals surface area contributed by atoms with Gasteiger partial charge in [0.2, 0.25) is 0 Å². The van der Waals surface area contributed by atoms with Crippen molar-refractivity contribution in [3.8, 4) is 0 Å². The number of hydrogen-bond acceptors (Lipinski definition) is 1. The van der Waals surface area contributed by atoms with E-state index < -0.39 is 0 Å². The highest BCUT2D eigenvalue weighted by molar-refractivity contribution is 4.96. The smallest absolute Gasteiger partial charge is 0.00187 e. The molecule has 0 saturated carbocycles. The summed E-state index contributed by atoms with van der Waals surface area (Å²) >= 11 is 0. The summed E-state index contributed by atoms with van der Waals surface area (Å²) in [5.41, 5.74) is 3.08. The molecule has 0 aliphatic carbocycles. The van der Waals surface area contributed by atoms with Gasteiger partial charge in [0.1, 0.15) is 0 Å². The molecule has 0 aliphatic heterocycles. The Bertz CT molecular complexity index is 677. The molecule has 0 amide bonds. The first-order chi connectivity index (χ1) is 25.1. The van der Waals surface area contributed by atoms with Gasteiger partial charge in [-0.1, -0.05) is 232 Å². The molecule has 0 spiro atoms. The Morgan fingerprint density at radius 1 is 0.333 bits per heavy atom. The van der Waals surface area contributed by atoms with Crippen molar-refractivity contribution in [2.75, 3.05) is 19.6 Å². The third-order valence-electron chi connectivity index (χ3n) is 11.7. The van der Waals surface area contributed by atoms with Crippen molar-refractivity contribution in [2.24, 2.45) is 5.92 Å². The first-order valence-corrected chi connectivity index (χ1v) is 24.1. The van der Waals surface area contributed by atoms with E-state index in [0.29, 0.717) is 0 Å². The van der Waals surface area contributed by atoms with E-state index >= 15 is 0 Å². The van der Waals surface area contributed by atoms with Gasteiger partial charge in [0.05, 0.1) is 0 Å². The summed E-state index contributed by atoms with van der Waals surface area (Å²) < 4.78 is 0. The average molecular weight is 714 g/mol. The predicted octanol–water partition coefficient (Wildman–Crippen LogP) is 17.9. The van der Waals surface area contributed by atoms with E-state index in [0.717, 1.165) is 5.92 Å². The molecule has 0 radical (unpaired) electrons. The van der Waals surface area contributed by atoms with E-state index in [1.54, 1.807) is 5.57 Å². The van der Waals surface area contributed by atoms with Gasteiger partial charge < -0.3 is 4.90 Å². The van der Waals surface area contributed by atoms with Crippen molar-refractivity contribution < 1.29 is 0 Å². The van der Waals surface area contributed by atoms with E-state index in [-0.39, 0.29) is 0 Å². The second-order valence-electron chi connectivity index (χ2n) is 17.1. The molecule has 0 heterocycles. The molecule has 0 atom stereocenters. The quantitative estimate of drug-likeness (QED) is 0.0449. The van der Waals surface area contributed by atoms with Crippen LogP contribution in [-0.2, 0) is 0 Å². The summed E-state index contributed by atoms with van der Waals surface area (Å²) in [6, 6.07) is 0. The highest BCUT2D eigenvalue weighted by Gasteiger charge is 2.11. The normalized spacial score (nSPS) is 11.7. The fourth-order valence-corrected chi connectivity index (χ4v) is 8.12. The van der Waals surface area contributed by atoms with E-state index in [1.807, 2.05) is 0 Å². The summed E-state index contributed by atoms with van der Waals surface area (Å²) in [6.45, 7) is 22.2. The number of allylic oxidation sites excluding steroid dienone is 2. The van der Waals surface area contributed by atoms with Crippen LogP contribution in [0.5, 0.6) is 0 Å². The maximum absolute atomic E-state index is 4.59. The minimum absolute atomic E-state index is 0.900. The summed E-state index contributed by atoms with van der Waals surface area (Å²) in [4.78, 5) is 2.79. The molecule has 0 unspecified atom stereocenters. The van der Waals surface area contributed by atoms with Crippen LogP contribution in [0.4, 0.5) is 0 Å². The van der Waals surface area contributed by atoms with Crippen molar-refractivity contribution >= 4 is 0 Å². The Kier molecular flexibility index (Phi) is 41.7. The van der Waals surface area contributed by atoms with Gasteiger partial charge in [-0.25, -0.2) is 0 Å². The van der Waals surface area contributed by atoms with Gasteiger partial charge in [-0.05, 0) is 89.8 Å². The molecule has 0 aromatic heterocycles. The first kappa shape index (κ1) is 50.4. The molecular formula is C50H99N. The van der Waals surface area contributed by atoms with Gasteiger partial charge in [0, 0.05) is 0 Å². The van der Waals surface area contributed by atoms with Crippen molar-refractivity contribution in [1.82, 2.24) is 4.90 Å². The molecule has 0 bridgehead atoms. The largest absolute Gasteiger partial charge is 0.303 e. The molecule has 1 nitrogen and oxygen atoms in total. The van der Waals surface area contributed by atoms with Crippen LogP contribution in [0, 0.1) is 5.92 Å². The fourth-order valence-electron chi connectivity index (χ4n) is 8.12. The maximum atomic E-state index is 4.59. The zero-order valence-corrected chi connectivity index (χ0v) is 36.4. The molecule has 0 aromatic carbocycles. The Morgan fingerprint density at radius 3 is 1.04 bits per heavy atom. The minimum Gasteiger partial charge on any atom is -0.303 e.